The van der Waals surface area contributed by atoms with Crippen molar-refractivity contribution in [2.75, 3.05) is 7.05 Å². The second-order valence-corrected chi connectivity index (χ2v) is 7.62. The minimum atomic E-state index is 0.754. The Bertz CT molecular complexity index is 546. The highest BCUT2D eigenvalue weighted by atomic mass is 32.2. The fourth-order valence-electron chi connectivity index (χ4n) is 2.88. The lowest BCUT2D eigenvalue weighted by molar-refractivity contribution is 0.394. The largest absolute Gasteiger partial charge is 0.314 e. The Hall–Kier alpha value is -0.520. The van der Waals surface area contributed by atoms with E-state index in [9.17, 15) is 0 Å². The van der Waals surface area contributed by atoms with E-state index in [0.29, 0.717) is 0 Å². The van der Waals surface area contributed by atoms with Crippen LogP contribution < -0.4 is 5.32 Å². The minimum absolute atomic E-state index is 0.754. The van der Waals surface area contributed by atoms with Crippen molar-refractivity contribution < 1.29 is 0 Å². The van der Waals surface area contributed by atoms with Crippen molar-refractivity contribution in [2.24, 2.45) is 5.92 Å². The topological polar surface area (TPSA) is 29.3 Å². The zero-order valence-corrected chi connectivity index (χ0v) is 13.2. The second kappa shape index (κ2) is 5.85. The van der Waals surface area contributed by atoms with Crippen molar-refractivity contribution >= 4 is 28.1 Å². The van der Waals surface area contributed by atoms with E-state index in [1.54, 1.807) is 11.3 Å². The molecule has 0 spiro atoms. The Morgan fingerprint density at radius 1 is 1.53 bits per heavy atom. The molecule has 3 nitrogen and oxygen atoms in total. The van der Waals surface area contributed by atoms with E-state index in [0.717, 1.165) is 22.7 Å². The van der Waals surface area contributed by atoms with Gasteiger partial charge in [0.15, 0.2) is 4.96 Å². The van der Waals surface area contributed by atoms with Gasteiger partial charge in [-0.05, 0) is 25.8 Å². The lowest BCUT2D eigenvalue weighted by Crippen LogP contribution is -2.15. The highest BCUT2D eigenvalue weighted by Gasteiger charge is 2.23. The van der Waals surface area contributed by atoms with Crippen LogP contribution in [0.2, 0.25) is 0 Å². The van der Waals surface area contributed by atoms with Gasteiger partial charge in [0.2, 0.25) is 0 Å². The molecule has 0 saturated heterocycles. The van der Waals surface area contributed by atoms with Gasteiger partial charge in [-0.15, -0.1) is 23.1 Å². The Labute approximate surface area is 122 Å². The van der Waals surface area contributed by atoms with Crippen LogP contribution in [-0.2, 0) is 6.54 Å². The third kappa shape index (κ3) is 2.83. The number of hydrogen-bond donors (Lipinski definition) is 1. The number of rotatable bonds is 4. The number of nitrogens with one attached hydrogen (secondary N) is 1. The SMILES string of the molecule is CNCc1c(SC2CCCC(C)C2)nc2sccn12. The first-order valence-corrected chi connectivity index (χ1v) is 8.79. The fraction of sp³-hybridized carbons (Fsp3) is 0.643. The highest BCUT2D eigenvalue weighted by molar-refractivity contribution is 7.99. The maximum absolute atomic E-state index is 4.81. The summed E-state index contributed by atoms with van der Waals surface area (Å²) in [5.74, 6) is 0.878. The van der Waals surface area contributed by atoms with Crippen molar-refractivity contribution in [3.63, 3.8) is 0 Å². The zero-order chi connectivity index (χ0) is 13.2. The van der Waals surface area contributed by atoms with Crippen LogP contribution in [0.1, 0.15) is 38.3 Å². The average Bonchev–Trinajstić information content (AvgIpc) is 2.93. The summed E-state index contributed by atoms with van der Waals surface area (Å²) < 4.78 is 2.23. The minimum Gasteiger partial charge on any atom is -0.314 e. The van der Waals surface area contributed by atoms with Crippen LogP contribution >= 0.6 is 23.1 Å². The van der Waals surface area contributed by atoms with Crippen molar-refractivity contribution in [3.8, 4) is 0 Å². The standard InChI is InChI=1S/C14H21N3S2/c1-10-4-3-5-11(8-10)19-13-12(9-15-2)17-6-7-18-14(17)16-13/h6-7,10-11,15H,3-5,8-9H2,1-2H3. The van der Waals surface area contributed by atoms with Gasteiger partial charge in [0.25, 0.3) is 0 Å². The van der Waals surface area contributed by atoms with Crippen LogP contribution in [-0.4, -0.2) is 21.7 Å². The molecule has 1 N–H and O–H groups in total. The molecule has 2 atom stereocenters. The van der Waals surface area contributed by atoms with Gasteiger partial charge < -0.3 is 5.32 Å². The zero-order valence-electron chi connectivity index (χ0n) is 11.6. The molecule has 2 unspecified atom stereocenters. The molecule has 2 aromatic heterocycles. The van der Waals surface area contributed by atoms with E-state index < -0.39 is 0 Å². The number of nitrogens with zero attached hydrogens (tertiary/aromatic N) is 2. The number of aromatic nitrogens is 2. The average molecular weight is 295 g/mol. The molecule has 2 aromatic rings. The molecular formula is C14H21N3S2. The Kier molecular flexibility index (Phi) is 4.15. The lowest BCUT2D eigenvalue weighted by Gasteiger charge is -2.25. The quantitative estimate of drug-likeness (QED) is 0.930. The number of fused-ring (bicyclic) bond motifs is 1. The molecule has 0 radical (unpaired) electrons. The Balaban J connectivity index is 1.82. The van der Waals surface area contributed by atoms with Gasteiger partial charge >= 0.3 is 0 Å². The number of thiazole rings is 1. The molecule has 3 rings (SSSR count). The summed E-state index contributed by atoms with van der Waals surface area (Å²) >= 11 is 3.72. The maximum Gasteiger partial charge on any atom is 0.194 e. The van der Waals surface area contributed by atoms with Crippen molar-refractivity contribution in [2.45, 2.75) is 49.4 Å². The van der Waals surface area contributed by atoms with Crippen molar-refractivity contribution in [1.82, 2.24) is 14.7 Å². The lowest BCUT2D eigenvalue weighted by atomic mass is 9.91. The van der Waals surface area contributed by atoms with Gasteiger partial charge in [-0.3, -0.25) is 4.40 Å². The first kappa shape index (κ1) is 13.5. The number of hydrogen-bond acceptors (Lipinski definition) is 4. The fourth-order valence-corrected chi connectivity index (χ4v) is 5.14. The smallest absolute Gasteiger partial charge is 0.194 e. The molecule has 0 aromatic carbocycles. The summed E-state index contributed by atoms with van der Waals surface area (Å²) in [6.07, 6.45) is 7.60. The molecule has 19 heavy (non-hydrogen) atoms. The van der Waals surface area contributed by atoms with E-state index >= 15 is 0 Å². The van der Waals surface area contributed by atoms with Gasteiger partial charge in [0.1, 0.15) is 5.03 Å². The summed E-state index contributed by atoms with van der Waals surface area (Å²) in [5, 5.41) is 7.37. The van der Waals surface area contributed by atoms with Gasteiger partial charge in [0.05, 0.1) is 5.69 Å². The monoisotopic (exact) mass is 295 g/mol. The molecule has 1 aliphatic carbocycles. The molecule has 0 bridgehead atoms. The summed E-state index contributed by atoms with van der Waals surface area (Å²) in [7, 11) is 2.00. The van der Waals surface area contributed by atoms with Crippen molar-refractivity contribution in [3.05, 3.63) is 17.3 Å². The summed E-state index contributed by atoms with van der Waals surface area (Å²) in [6, 6.07) is 0. The number of imidazole rings is 1. The van der Waals surface area contributed by atoms with Crippen LogP contribution in [0.5, 0.6) is 0 Å². The van der Waals surface area contributed by atoms with E-state index in [4.69, 9.17) is 4.98 Å². The van der Waals surface area contributed by atoms with Crippen LogP contribution in [0, 0.1) is 5.92 Å². The molecule has 1 fully saturated rings. The van der Waals surface area contributed by atoms with Crippen LogP contribution in [0.15, 0.2) is 16.6 Å². The predicted octanol–water partition coefficient (Wildman–Crippen LogP) is 3.79. The maximum atomic E-state index is 4.81. The Morgan fingerprint density at radius 3 is 3.21 bits per heavy atom. The highest BCUT2D eigenvalue weighted by Crippen LogP contribution is 2.37. The van der Waals surface area contributed by atoms with Gasteiger partial charge in [-0.25, -0.2) is 4.98 Å². The van der Waals surface area contributed by atoms with E-state index in [2.05, 4.69) is 28.2 Å². The number of thioether (sulfide) groups is 1. The van der Waals surface area contributed by atoms with E-state index in [-0.39, 0.29) is 0 Å². The van der Waals surface area contributed by atoms with Crippen LogP contribution in [0.3, 0.4) is 0 Å². The molecule has 104 valence electrons. The van der Waals surface area contributed by atoms with Gasteiger partial charge in [-0.1, -0.05) is 19.8 Å². The molecule has 0 aliphatic heterocycles. The second-order valence-electron chi connectivity index (χ2n) is 5.46. The summed E-state index contributed by atoms with van der Waals surface area (Å²) in [5.41, 5.74) is 1.32. The molecular weight excluding hydrogens is 274 g/mol. The Morgan fingerprint density at radius 2 is 2.42 bits per heavy atom. The molecule has 5 heteroatoms. The van der Waals surface area contributed by atoms with E-state index in [1.165, 1.54) is 36.4 Å². The third-order valence-corrected chi connectivity index (χ3v) is 5.90. The van der Waals surface area contributed by atoms with Crippen molar-refractivity contribution in [1.29, 1.82) is 0 Å². The van der Waals surface area contributed by atoms with Crippen LogP contribution in [0.25, 0.3) is 4.96 Å². The van der Waals surface area contributed by atoms with Gasteiger partial charge in [0, 0.05) is 23.4 Å². The normalized spacial score (nSPS) is 24.1. The van der Waals surface area contributed by atoms with Gasteiger partial charge in [-0.2, -0.15) is 0 Å². The first-order valence-electron chi connectivity index (χ1n) is 7.03. The first-order chi connectivity index (χ1) is 9.28. The third-order valence-electron chi connectivity index (χ3n) is 3.84. The molecule has 2 heterocycles. The summed E-state index contributed by atoms with van der Waals surface area (Å²) in [4.78, 5) is 5.94. The van der Waals surface area contributed by atoms with E-state index in [1.807, 2.05) is 18.8 Å². The molecule has 1 aliphatic rings. The molecule has 0 amide bonds. The molecule has 1 saturated carbocycles. The predicted molar refractivity (Wildman–Crippen MR) is 83.1 cm³/mol. The van der Waals surface area contributed by atoms with Crippen LogP contribution in [0.4, 0.5) is 0 Å². The summed E-state index contributed by atoms with van der Waals surface area (Å²) in [6.45, 7) is 3.27.